The van der Waals surface area contributed by atoms with Gasteiger partial charge in [0.25, 0.3) is 5.56 Å². The van der Waals surface area contributed by atoms with E-state index in [0.717, 1.165) is 48.7 Å². The first-order chi connectivity index (χ1) is 13.1. The molecule has 144 valence electrons. The van der Waals surface area contributed by atoms with Crippen molar-refractivity contribution in [1.82, 2.24) is 19.9 Å². The average molecular weight is 367 g/mol. The van der Waals surface area contributed by atoms with E-state index in [1.54, 1.807) is 6.07 Å². The number of likely N-dealkylation sites (tertiary alicyclic amines) is 1. The summed E-state index contributed by atoms with van der Waals surface area (Å²) in [5.41, 5.74) is 1.54. The minimum absolute atomic E-state index is 0.112. The maximum absolute atomic E-state index is 11.8. The number of pyridine rings is 1. The molecule has 2 aliphatic heterocycles. The summed E-state index contributed by atoms with van der Waals surface area (Å²) < 4.78 is 0. The lowest BCUT2D eigenvalue weighted by atomic mass is 10.0. The van der Waals surface area contributed by atoms with Crippen molar-refractivity contribution in [1.29, 1.82) is 0 Å². The van der Waals surface area contributed by atoms with Crippen LogP contribution in [0, 0.1) is 0 Å². The van der Waals surface area contributed by atoms with Crippen LogP contribution in [0.25, 0.3) is 11.4 Å². The van der Waals surface area contributed by atoms with Crippen molar-refractivity contribution >= 4 is 5.82 Å². The number of aromatic nitrogens is 3. The van der Waals surface area contributed by atoms with Gasteiger partial charge < -0.3 is 9.88 Å². The van der Waals surface area contributed by atoms with Crippen LogP contribution in [-0.2, 0) is 6.42 Å². The van der Waals surface area contributed by atoms with Gasteiger partial charge in [0.2, 0.25) is 0 Å². The Bertz CT molecular complexity index is 823. The summed E-state index contributed by atoms with van der Waals surface area (Å²) in [7, 11) is 0. The van der Waals surface area contributed by atoms with Crippen molar-refractivity contribution in [3.05, 3.63) is 40.4 Å². The fourth-order valence-electron chi connectivity index (χ4n) is 4.46. The van der Waals surface area contributed by atoms with E-state index in [-0.39, 0.29) is 5.56 Å². The van der Waals surface area contributed by atoms with Crippen LogP contribution in [0.4, 0.5) is 5.82 Å². The number of rotatable bonds is 4. The first-order valence-electron chi connectivity index (χ1n) is 10.2. The third kappa shape index (κ3) is 3.90. The summed E-state index contributed by atoms with van der Waals surface area (Å²) in [6, 6.07) is 7.08. The second-order valence-electron chi connectivity index (χ2n) is 7.79. The molecule has 0 aromatic carbocycles. The Labute approximate surface area is 160 Å². The molecule has 27 heavy (non-hydrogen) atoms. The zero-order valence-corrected chi connectivity index (χ0v) is 16.3. The van der Waals surface area contributed by atoms with E-state index in [4.69, 9.17) is 0 Å². The van der Waals surface area contributed by atoms with Gasteiger partial charge in [-0.15, -0.1) is 0 Å². The predicted molar refractivity (Wildman–Crippen MR) is 108 cm³/mol. The van der Waals surface area contributed by atoms with Crippen molar-refractivity contribution in [3.8, 4) is 11.4 Å². The molecule has 6 heteroatoms. The van der Waals surface area contributed by atoms with Gasteiger partial charge in [-0.2, -0.15) is 0 Å². The van der Waals surface area contributed by atoms with Gasteiger partial charge >= 0.3 is 0 Å². The highest BCUT2D eigenvalue weighted by Gasteiger charge is 2.30. The number of anilines is 1. The van der Waals surface area contributed by atoms with Crippen LogP contribution < -0.4 is 10.5 Å². The molecule has 1 atom stereocenters. The molecule has 4 rings (SSSR count). The Hall–Kier alpha value is -2.21. The molecule has 0 saturated carbocycles. The molecule has 0 radical (unpaired) electrons. The van der Waals surface area contributed by atoms with Gasteiger partial charge in [-0.1, -0.05) is 6.92 Å². The highest BCUT2D eigenvalue weighted by molar-refractivity contribution is 5.56. The van der Waals surface area contributed by atoms with Gasteiger partial charge in [0.1, 0.15) is 11.6 Å². The highest BCUT2D eigenvalue weighted by Crippen LogP contribution is 2.27. The largest absolute Gasteiger partial charge is 0.357 e. The summed E-state index contributed by atoms with van der Waals surface area (Å²) in [6.45, 7) is 7.74. The number of hydrogen-bond donors (Lipinski definition) is 1. The van der Waals surface area contributed by atoms with Gasteiger partial charge in [-0.3, -0.25) is 9.69 Å². The molecule has 0 spiro atoms. The van der Waals surface area contributed by atoms with Crippen LogP contribution in [0.5, 0.6) is 0 Å². The second-order valence-corrected chi connectivity index (χ2v) is 7.79. The van der Waals surface area contributed by atoms with E-state index in [1.165, 1.54) is 32.2 Å². The van der Waals surface area contributed by atoms with Crippen LogP contribution in [0.3, 0.4) is 0 Å². The van der Waals surface area contributed by atoms with E-state index >= 15 is 0 Å². The van der Waals surface area contributed by atoms with E-state index in [9.17, 15) is 4.79 Å². The predicted octanol–water partition coefficient (Wildman–Crippen LogP) is 2.85. The smallest absolute Gasteiger partial charge is 0.251 e. The zero-order chi connectivity index (χ0) is 18.8. The van der Waals surface area contributed by atoms with E-state index < -0.39 is 0 Å². The maximum Gasteiger partial charge on any atom is 0.251 e. The minimum atomic E-state index is -0.112. The first kappa shape index (κ1) is 18.2. The van der Waals surface area contributed by atoms with Crippen molar-refractivity contribution in [2.45, 2.75) is 58.0 Å². The van der Waals surface area contributed by atoms with Crippen molar-refractivity contribution < 1.29 is 0 Å². The van der Waals surface area contributed by atoms with Crippen molar-refractivity contribution in [2.24, 2.45) is 0 Å². The van der Waals surface area contributed by atoms with E-state index in [2.05, 4.69) is 31.7 Å². The molecule has 6 nitrogen and oxygen atoms in total. The number of hydrogen-bond acceptors (Lipinski definition) is 5. The number of H-pyrrole nitrogens is 1. The monoisotopic (exact) mass is 367 g/mol. The summed E-state index contributed by atoms with van der Waals surface area (Å²) >= 11 is 0. The Kier molecular flexibility index (Phi) is 5.25. The quantitative estimate of drug-likeness (QED) is 0.900. The molecule has 2 fully saturated rings. The Morgan fingerprint density at radius 2 is 2.00 bits per heavy atom. The van der Waals surface area contributed by atoms with Gasteiger partial charge in [0.05, 0.1) is 0 Å². The van der Waals surface area contributed by atoms with E-state index in [0.29, 0.717) is 5.82 Å². The van der Waals surface area contributed by atoms with Crippen molar-refractivity contribution in [2.75, 3.05) is 24.5 Å². The number of aromatic amines is 1. The topological polar surface area (TPSA) is 65.1 Å². The molecule has 2 saturated heterocycles. The molecule has 0 aliphatic carbocycles. The fourth-order valence-corrected chi connectivity index (χ4v) is 4.46. The molecule has 2 aliphatic rings. The molecule has 4 heterocycles. The Morgan fingerprint density at radius 3 is 2.63 bits per heavy atom. The molecule has 2 aromatic heterocycles. The lowest BCUT2D eigenvalue weighted by Gasteiger charge is -2.39. The number of nitrogens with zero attached hydrogens (tertiary/aromatic N) is 4. The molecule has 1 N–H and O–H groups in total. The van der Waals surface area contributed by atoms with E-state index in [1.807, 2.05) is 25.3 Å². The van der Waals surface area contributed by atoms with Crippen LogP contribution in [0.2, 0.25) is 0 Å². The molecular weight excluding hydrogens is 338 g/mol. The Morgan fingerprint density at radius 1 is 1.19 bits per heavy atom. The highest BCUT2D eigenvalue weighted by atomic mass is 16.1. The zero-order valence-electron chi connectivity index (χ0n) is 16.3. The van der Waals surface area contributed by atoms with Crippen LogP contribution in [0.15, 0.2) is 29.2 Å². The summed E-state index contributed by atoms with van der Waals surface area (Å²) in [5.74, 6) is 1.61. The maximum atomic E-state index is 11.8. The normalized spacial score (nSPS) is 21.7. The fraction of sp³-hybridized carbons (Fsp3) is 0.571. The van der Waals surface area contributed by atoms with Gasteiger partial charge in [-0.05, 0) is 57.7 Å². The number of piperidine rings is 1. The molecule has 2 aromatic rings. The van der Waals surface area contributed by atoms with Crippen LogP contribution >= 0.6 is 0 Å². The first-order valence-corrected chi connectivity index (χ1v) is 10.2. The minimum Gasteiger partial charge on any atom is -0.357 e. The molecule has 0 amide bonds. The lowest BCUT2D eigenvalue weighted by molar-refractivity contribution is 0.163. The summed E-state index contributed by atoms with van der Waals surface area (Å²) in [4.78, 5) is 28.8. The van der Waals surface area contributed by atoms with Crippen LogP contribution in [0.1, 0.15) is 45.2 Å². The molecule has 0 bridgehead atoms. The summed E-state index contributed by atoms with van der Waals surface area (Å²) in [5, 5.41) is 0. The van der Waals surface area contributed by atoms with Crippen molar-refractivity contribution in [3.63, 3.8) is 0 Å². The van der Waals surface area contributed by atoms with Gasteiger partial charge in [-0.25, -0.2) is 9.97 Å². The van der Waals surface area contributed by atoms with Gasteiger partial charge in [0, 0.05) is 48.7 Å². The number of nitrogens with one attached hydrogen (secondary N) is 1. The SMILES string of the molecule is CCc1cc(=O)[nH]c(-c2ccc(N3CCC(N4CCCC4C)CC3)nc2)n1. The third-order valence-corrected chi connectivity index (χ3v) is 6.04. The molecular formula is C21H29N5O. The number of aryl methyl sites for hydroxylation is 1. The van der Waals surface area contributed by atoms with Crippen LogP contribution in [-0.4, -0.2) is 51.6 Å². The standard InChI is InChI=1S/C21H29N5O/c1-3-17-13-20(27)24-21(23-17)16-6-7-19(22-14-16)25-11-8-18(9-12-25)26-10-4-5-15(26)2/h6-7,13-15,18H,3-5,8-12H2,1-2H3,(H,23,24,27). The Balaban J connectivity index is 1.43. The third-order valence-electron chi connectivity index (χ3n) is 6.04. The lowest BCUT2D eigenvalue weighted by Crippen LogP contribution is -2.46. The second kappa shape index (κ2) is 7.80. The molecule has 1 unspecified atom stereocenters. The van der Waals surface area contributed by atoms with Gasteiger partial charge in [0.15, 0.2) is 0 Å². The summed E-state index contributed by atoms with van der Waals surface area (Å²) in [6.07, 6.45) is 7.68. The average Bonchev–Trinajstić information content (AvgIpc) is 3.13.